The predicted octanol–water partition coefficient (Wildman–Crippen LogP) is 3.80. The molecule has 3 N–H and O–H groups in total. The summed E-state index contributed by atoms with van der Waals surface area (Å²) in [6, 6.07) is 12.6. The van der Waals surface area contributed by atoms with E-state index >= 15 is 0 Å². The zero-order valence-corrected chi connectivity index (χ0v) is 14.3. The van der Waals surface area contributed by atoms with Crippen LogP contribution in [0.15, 0.2) is 51.4 Å². The fraction of sp³-hybridized carbons (Fsp3) is 0.133. The van der Waals surface area contributed by atoms with E-state index in [1.54, 1.807) is 30.3 Å². The van der Waals surface area contributed by atoms with Crippen molar-refractivity contribution in [3.63, 3.8) is 0 Å². The molecule has 2 rings (SSSR count). The fourth-order valence-electron chi connectivity index (χ4n) is 1.68. The highest BCUT2D eigenvalue weighted by Gasteiger charge is 2.10. The van der Waals surface area contributed by atoms with E-state index in [2.05, 4.69) is 37.2 Å². The molecule has 4 nitrogen and oxygen atoms in total. The fourth-order valence-corrected chi connectivity index (χ4v) is 2.91. The Hall–Kier alpha value is -1.37. The maximum Gasteiger partial charge on any atom is 0.256 e. The zero-order valence-electron chi connectivity index (χ0n) is 11.1. The standard InChI is InChI=1S/C15H14Br2N2O2/c16-10-1-6-13(14(17)9-10)15(20)19-11-2-4-12(5-3-11)21-8-7-18/h1-6,9H,7-8,18H2,(H,19,20). The molecule has 0 heterocycles. The minimum absolute atomic E-state index is 0.176. The molecule has 0 radical (unpaired) electrons. The van der Waals surface area contributed by atoms with Crippen molar-refractivity contribution in [3.8, 4) is 5.75 Å². The van der Waals surface area contributed by atoms with Gasteiger partial charge in [0.1, 0.15) is 12.4 Å². The Labute approximate surface area is 139 Å². The van der Waals surface area contributed by atoms with Gasteiger partial charge in [-0.15, -0.1) is 0 Å². The molecule has 0 aliphatic heterocycles. The molecule has 0 spiro atoms. The lowest BCUT2D eigenvalue weighted by molar-refractivity contribution is 0.102. The van der Waals surface area contributed by atoms with Gasteiger partial charge in [0.15, 0.2) is 0 Å². The lowest BCUT2D eigenvalue weighted by Crippen LogP contribution is -2.13. The van der Waals surface area contributed by atoms with E-state index in [0.717, 1.165) is 14.7 Å². The van der Waals surface area contributed by atoms with E-state index in [-0.39, 0.29) is 5.91 Å². The summed E-state index contributed by atoms with van der Waals surface area (Å²) in [5.74, 6) is 0.549. The van der Waals surface area contributed by atoms with Crippen molar-refractivity contribution in [3.05, 3.63) is 57.0 Å². The van der Waals surface area contributed by atoms with Crippen LogP contribution in [0.2, 0.25) is 0 Å². The molecular weight excluding hydrogens is 400 g/mol. The van der Waals surface area contributed by atoms with Crippen LogP contribution in [0.4, 0.5) is 5.69 Å². The Morgan fingerprint density at radius 1 is 1.14 bits per heavy atom. The largest absolute Gasteiger partial charge is 0.492 e. The third-order valence-corrected chi connectivity index (χ3v) is 3.82. The van der Waals surface area contributed by atoms with Gasteiger partial charge in [-0.05, 0) is 58.4 Å². The Morgan fingerprint density at radius 2 is 1.86 bits per heavy atom. The van der Waals surface area contributed by atoms with E-state index < -0.39 is 0 Å². The third-order valence-electron chi connectivity index (χ3n) is 2.67. The lowest BCUT2D eigenvalue weighted by atomic mass is 10.2. The van der Waals surface area contributed by atoms with Gasteiger partial charge in [-0.25, -0.2) is 0 Å². The van der Waals surface area contributed by atoms with Crippen LogP contribution < -0.4 is 15.8 Å². The van der Waals surface area contributed by atoms with E-state index in [1.165, 1.54) is 0 Å². The van der Waals surface area contributed by atoms with E-state index in [9.17, 15) is 4.79 Å². The van der Waals surface area contributed by atoms with Gasteiger partial charge in [0.2, 0.25) is 0 Å². The minimum Gasteiger partial charge on any atom is -0.492 e. The van der Waals surface area contributed by atoms with Gasteiger partial charge in [-0.1, -0.05) is 15.9 Å². The van der Waals surface area contributed by atoms with Crippen LogP contribution in [0.25, 0.3) is 0 Å². The molecule has 0 bridgehead atoms. The number of rotatable bonds is 5. The van der Waals surface area contributed by atoms with Crippen LogP contribution in [0, 0.1) is 0 Å². The molecule has 0 saturated carbocycles. The quantitative estimate of drug-likeness (QED) is 0.783. The molecule has 0 saturated heterocycles. The predicted molar refractivity (Wildman–Crippen MR) is 90.8 cm³/mol. The van der Waals surface area contributed by atoms with Crippen molar-refractivity contribution in [1.82, 2.24) is 0 Å². The number of benzene rings is 2. The first-order valence-corrected chi connectivity index (χ1v) is 7.88. The molecule has 0 fully saturated rings. The maximum atomic E-state index is 12.2. The van der Waals surface area contributed by atoms with Gasteiger partial charge in [-0.2, -0.15) is 0 Å². The smallest absolute Gasteiger partial charge is 0.256 e. The van der Waals surface area contributed by atoms with Crippen molar-refractivity contribution in [2.24, 2.45) is 5.73 Å². The van der Waals surface area contributed by atoms with Gasteiger partial charge in [-0.3, -0.25) is 4.79 Å². The number of carbonyl (C=O) groups excluding carboxylic acids is 1. The maximum absolute atomic E-state index is 12.2. The summed E-state index contributed by atoms with van der Waals surface area (Å²) < 4.78 is 7.02. The highest BCUT2D eigenvalue weighted by atomic mass is 79.9. The summed E-state index contributed by atoms with van der Waals surface area (Å²) in [7, 11) is 0. The molecule has 0 aliphatic carbocycles. The lowest BCUT2D eigenvalue weighted by Gasteiger charge is -2.09. The zero-order chi connectivity index (χ0) is 15.2. The SMILES string of the molecule is NCCOc1ccc(NC(=O)c2ccc(Br)cc2Br)cc1. The van der Waals surface area contributed by atoms with Crippen LogP contribution >= 0.6 is 31.9 Å². The molecule has 0 atom stereocenters. The molecule has 6 heteroatoms. The molecule has 1 amide bonds. The first-order valence-electron chi connectivity index (χ1n) is 6.29. The normalized spacial score (nSPS) is 10.2. The van der Waals surface area contributed by atoms with Gasteiger partial charge >= 0.3 is 0 Å². The number of hydrogen-bond donors (Lipinski definition) is 2. The summed E-state index contributed by atoms with van der Waals surface area (Å²) in [6.07, 6.45) is 0. The summed E-state index contributed by atoms with van der Waals surface area (Å²) in [6.45, 7) is 0.938. The van der Waals surface area contributed by atoms with Crippen LogP contribution in [0.3, 0.4) is 0 Å². The number of nitrogens with one attached hydrogen (secondary N) is 1. The van der Waals surface area contributed by atoms with Crippen LogP contribution in [-0.4, -0.2) is 19.1 Å². The Bertz CT molecular complexity index is 630. The number of ether oxygens (including phenoxy) is 1. The Balaban J connectivity index is 2.05. The summed E-state index contributed by atoms with van der Waals surface area (Å²) in [5.41, 5.74) is 6.65. The monoisotopic (exact) mass is 412 g/mol. The molecule has 2 aromatic carbocycles. The first kappa shape index (κ1) is 16.0. The number of nitrogens with two attached hydrogens (primary N) is 1. The number of halogens is 2. The summed E-state index contributed by atoms with van der Waals surface area (Å²) in [4.78, 5) is 12.2. The molecule has 21 heavy (non-hydrogen) atoms. The number of carbonyl (C=O) groups is 1. The molecule has 110 valence electrons. The van der Waals surface area contributed by atoms with Gasteiger partial charge in [0.05, 0.1) is 5.56 Å². The molecule has 0 aromatic heterocycles. The van der Waals surface area contributed by atoms with Gasteiger partial charge < -0.3 is 15.8 Å². The molecule has 0 unspecified atom stereocenters. The van der Waals surface area contributed by atoms with Crippen LogP contribution in [0.5, 0.6) is 5.75 Å². The molecule has 0 aliphatic rings. The highest BCUT2D eigenvalue weighted by molar-refractivity contribution is 9.11. The van der Waals surface area contributed by atoms with Crippen molar-refractivity contribution in [2.45, 2.75) is 0 Å². The number of anilines is 1. The van der Waals surface area contributed by atoms with Crippen molar-refractivity contribution in [2.75, 3.05) is 18.5 Å². The van der Waals surface area contributed by atoms with E-state index in [4.69, 9.17) is 10.5 Å². The summed E-state index contributed by atoms with van der Waals surface area (Å²) in [5, 5.41) is 2.84. The van der Waals surface area contributed by atoms with E-state index in [1.807, 2.05) is 12.1 Å². The van der Waals surface area contributed by atoms with E-state index in [0.29, 0.717) is 24.4 Å². The second-order valence-corrected chi connectivity index (χ2v) is 6.01. The van der Waals surface area contributed by atoms with Gasteiger partial charge in [0.25, 0.3) is 5.91 Å². The highest BCUT2D eigenvalue weighted by Crippen LogP contribution is 2.23. The summed E-state index contributed by atoms with van der Waals surface area (Å²) >= 11 is 6.73. The van der Waals surface area contributed by atoms with Crippen LogP contribution in [-0.2, 0) is 0 Å². The topological polar surface area (TPSA) is 64.3 Å². The van der Waals surface area contributed by atoms with Gasteiger partial charge in [0, 0.05) is 21.2 Å². The third kappa shape index (κ3) is 4.56. The number of hydrogen-bond acceptors (Lipinski definition) is 3. The van der Waals surface area contributed by atoms with Crippen molar-refractivity contribution < 1.29 is 9.53 Å². The average Bonchev–Trinajstić information content (AvgIpc) is 2.46. The molecule has 2 aromatic rings. The molecular formula is C15H14Br2N2O2. The first-order chi connectivity index (χ1) is 10.1. The van der Waals surface area contributed by atoms with Crippen molar-refractivity contribution >= 4 is 43.5 Å². The van der Waals surface area contributed by atoms with Crippen molar-refractivity contribution in [1.29, 1.82) is 0 Å². The minimum atomic E-state index is -0.176. The second kappa shape index (κ2) is 7.59. The number of amides is 1. The second-order valence-electron chi connectivity index (χ2n) is 4.24. The Kier molecular flexibility index (Phi) is 5.78. The van der Waals surface area contributed by atoms with Crippen LogP contribution in [0.1, 0.15) is 10.4 Å². The Morgan fingerprint density at radius 3 is 2.48 bits per heavy atom. The average molecular weight is 414 g/mol.